The van der Waals surface area contributed by atoms with E-state index in [0.29, 0.717) is 29.8 Å². The molecule has 2 aromatic heterocycles. The number of hydrogen-bond donors (Lipinski definition) is 0. The van der Waals surface area contributed by atoms with Gasteiger partial charge in [-0.1, -0.05) is 59.2 Å². The van der Waals surface area contributed by atoms with Gasteiger partial charge in [-0.3, -0.25) is 4.90 Å². The molecule has 2 aromatic carbocycles. The first kappa shape index (κ1) is 17.9. The van der Waals surface area contributed by atoms with Crippen molar-refractivity contribution in [3.05, 3.63) is 76.6 Å². The fourth-order valence-electron chi connectivity index (χ4n) is 2.72. The summed E-state index contributed by atoms with van der Waals surface area (Å²) in [5.74, 6) is 1.10. The number of halogens is 1. The molecule has 4 aromatic rings. The van der Waals surface area contributed by atoms with Crippen LogP contribution in [0.2, 0.25) is 5.02 Å². The Bertz CT molecular complexity index is 1030. The van der Waals surface area contributed by atoms with E-state index in [4.69, 9.17) is 21.1 Å². The number of rotatable bonds is 6. The van der Waals surface area contributed by atoms with Crippen LogP contribution < -0.4 is 0 Å². The molecule has 27 heavy (non-hydrogen) atoms. The van der Waals surface area contributed by atoms with E-state index in [1.165, 1.54) is 0 Å². The van der Waals surface area contributed by atoms with Crippen molar-refractivity contribution in [2.75, 3.05) is 7.05 Å². The summed E-state index contributed by atoms with van der Waals surface area (Å²) in [7, 11) is 2.00. The zero-order valence-corrected chi connectivity index (χ0v) is 16.2. The van der Waals surface area contributed by atoms with Crippen molar-refractivity contribution in [3.8, 4) is 22.0 Å². The third-order valence-electron chi connectivity index (χ3n) is 3.96. The highest BCUT2D eigenvalue weighted by atomic mass is 35.5. The van der Waals surface area contributed by atoms with Gasteiger partial charge in [0.15, 0.2) is 0 Å². The van der Waals surface area contributed by atoms with Gasteiger partial charge in [0.25, 0.3) is 0 Å². The fraction of sp³-hybridized carbons (Fsp3) is 0.150. The smallest absolute Gasteiger partial charge is 0.241 e. The van der Waals surface area contributed by atoms with Crippen molar-refractivity contribution < 1.29 is 4.52 Å². The first-order chi connectivity index (χ1) is 13.2. The number of hydrogen-bond acceptors (Lipinski definition) is 6. The zero-order valence-electron chi connectivity index (χ0n) is 14.7. The molecule has 0 saturated carbocycles. The molecular formula is C20H17ClN4OS. The molecule has 0 fully saturated rings. The third-order valence-corrected chi connectivity index (χ3v) is 5.14. The van der Waals surface area contributed by atoms with Crippen LogP contribution in [0.1, 0.15) is 11.6 Å². The zero-order chi connectivity index (χ0) is 18.6. The first-order valence-electron chi connectivity index (χ1n) is 8.44. The number of aromatic nitrogens is 3. The average molecular weight is 397 g/mol. The molecule has 0 aliphatic rings. The largest absolute Gasteiger partial charge is 0.338 e. The molecule has 0 N–H and O–H groups in total. The van der Waals surface area contributed by atoms with Crippen LogP contribution in [0.15, 0.2) is 64.5 Å². The summed E-state index contributed by atoms with van der Waals surface area (Å²) in [6.45, 7) is 1.25. The molecule has 0 spiro atoms. The second-order valence-electron chi connectivity index (χ2n) is 6.20. The average Bonchev–Trinajstić information content (AvgIpc) is 3.32. The van der Waals surface area contributed by atoms with E-state index >= 15 is 0 Å². The molecule has 0 aliphatic carbocycles. The molecule has 2 heterocycles. The number of benzene rings is 2. The van der Waals surface area contributed by atoms with Crippen LogP contribution in [0, 0.1) is 0 Å². The number of nitrogens with zero attached hydrogens (tertiary/aromatic N) is 4. The van der Waals surface area contributed by atoms with Gasteiger partial charge in [-0.25, -0.2) is 4.98 Å². The maximum absolute atomic E-state index is 6.02. The third kappa shape index (κ3) is 4.42. The Kier molecular flexibility index (Phi) is 5.29. The van der Waals surface area contributed by atoms with Gasteiger partial charge in [-0.15, -0.1) is 11.3 Å². The van der Waals surface area contributed by atoms with Crippen LogP contribution in [0.25, 0.3) is 22.0 Å². The van der Waals surface area contributed by atoms with Crippen LogP contribution in [0.4, 0.5) is 0 Å². The van der Waals surface area contributed by atoms with Gasteiger partial charge >= 0.3 is 0 Å². The van der Waals surface area contributed by atoms with Crippen LogP contribution >= 0.6 is 22.9 Å². The lowest BCUT2D eigenvalue weighted by Gasteiger charge is -2.11. The van der Waals surface area contributed by atoms with Crippen molar-refractivity contribution in [1.29, 1.82) is 0 Å². The topological polar surface area (TPSA) is 55.1 Å². The molecule has 5 nitrogen and oxygen atoms in total. The molecule has 0 aliphatic heterocycles. The minimum absolute atomic E-state index is 0.543. The second kappa shape index (κ2) is 8.00. The summed E-state index contributed by atoms with van der Waals surface area (Å²) in [5, 5.41) is 7.81. The molecule has 0 bridgehead atoms. The molecule has 4 rings (SSSR count). The maximum Gasteiger partial charge on any atom is 0.241 e. The first-order valence-corrected chi connectivity index (χ1v) is 9.70. The van der Waals surface area contributed by atoms with Gasteiger partial charge in [0, 0.05) is 28.1 Å². The van der Waals surface area contributed by atoms with E-state index in [2.05, 4.69) is 32.6 Å². The number of thiazole rings is 1. The van der Waals surface area contributed by atoms with Gasteiger partial charge in [-0.05, 0) is 19.2 Å². The summed E-state index contributed by atoms with van der Waals surface area (Å²) in [6.07, 6.45) is 0. The summed E-state index contributed by atoms with van der Waals surface area (Å²) < 4.78 is 5.38. The Morgan fingerprint density at radius 2 is 1.81 bits per heavy atom. The van der Waals surface area contributed by atoms with E-state index in [1.54, 1.807) is 11.3 Å². The molecule has 0 radical (unpaired) electrons. The molecule has 0 unspecified atom stereocenters. The van der Waals surface area contributed by atoms with E-state index in [-0.39, 0.29) is 0 Å². The fourth-order valence-corrected chi connectivity index (χ4v) is 3.73. The van der Waals surface area contributed by atoms with E-state index in [9.17, 15) is 0 Å². The Labute approximate surface area is 166 Å². The van der Waals surface area contributed by atoms with E-state index < -0.39 is 0 Å². The van der Waals surface area contributed by atoms with Crippen molar-refractivity contribution in [3.63, 3.8) is 0 Å². The lowest BCUT2D eigenvalue weighted by atomic mass is 10.2. The minimum atomic E-state index is 0.543. The van der Waals surface area contributed by atoms with Crippen LogP contribution in [-0.2, 0) is 13.1 Å². The van der Waals surface area contributed by atoms with Crippen LogP contribution in [0.3, 0.4) is 0 Å². The summed E-state index contributed by atoms with van der Waals surface area (Å²) in [4.78, 5) is 11.3. The van der Waals surface area contributed by atoms with Gasteiger partial charge in [0.1, 0.15) is 5.01 Å². The lowest BCUT2D eigenvalue weighted by molar-refractivity contribution is 0.259. The summed E-state index contributed by atoms with van der Waals surface area (Å²) >= 11 is 7.67. The molecule has 0 amide bonds. The Morgan fingerprint density at radius 3 is 2.63 bits per heavy atom. The van der Waals surface area contributed by atoms with Crippen LogP contribution in [-0.4, -0.2) is 27.1 Å². The quantitative estimate of drug-likeness (QED) is 0.451. The van der Waals surface area contributed by atoms with Crippen molar-refractivity contribution >= 4 is 22.9 Å². The van der Waals surface area contributed by atoms with Crippen molar-refractivity contribution in [2.45, 2.75) is 13.1 Å². The van der Waals surface area contributed by atoms with Crippen molar-refractivity contribution in [1.82, 2.24) is 20.0 Å². The molecule has 136 valence electrons. The highest BCUT2D eigenvalue weighted by molar-refractivity contribution is 7.13. The lowest BCUT2D eigenvalue weighted by Crippen LogP contribution is -2.17. The van der Waals surface area contributed by atoms with Gasteiger partial charge in [-0.2, -0.15) is 4.98 Å². The maximum atomic E-state index is 6.02. The SMILES string of the molecule is CN(Cc1csc(-c2ccccc2)n1)Cc1nc(-c2cccc(Cl)c2)no1. The Morgan fingerprint density at radius 1 is 1.00 bits per heavy atom. The Hall–Kier alpha value is -2.54. The standard InChI is InChI=1S/C20H17ClN4OS/c1-25(11-17-13-27-20(22-17)14-6-3-2-4-7-14)12-18-23-19(24-26-18)15-8-5-9-16(21)10-15/h2-10,13H,11-12H2,1H3. The predicted molar refractivity (Wildman–Crippen MR) is 107 cm³/mol. The highest BCUT2D eigenvalue weighted by Gasteiger charge is 2.13. The highest BCUT2D eigenvalue weighted by Crippen LogP contribution is 2.24. The van der Waals surface area contributed by atoms with Gasteiger partial charge in [0.05, 0.1) is 12.2 Å². The Balaban J connectivity index is 1.40. The normalized spacial score (nSPS) is 11.2. The monoisotopic (exact) mass is 396 g/mol. The van der Waals surface area contributed by atoms with E-state index in [1.807, 2.05) is 49.5 Å². The molecule has 0 saturated heterocycles. The summed E-state index contributed by atoms with van der Waals surface area (Å²) in [6, 6.07) is 17.6. The molecule has 7 heteroatoms. The van der Waals surface area contributed by atoms with E-state index in [0.717, 1.165) is 21.8 Å². The predicted octanol–water partition coefficient (Wildman–Crippen LogP) is 5.15. The molecular weight excluding hydrogens is 380 g/mol. The van der Waals surface area contributed by atoms with Crippen LogP contribution in [0.5, 0.6) is 0 Å². The molecule has 0 atom stereocenters. The van der Waals surface area contributed by atoms with Gasteiger partial charge < -0.3 is 4.52 Å². The van der Waals surface area contributed by atoms with Crippen molar-refractivity contribution in [2.24, 2.45) is 0 Å². The second-order valence-corrected chi connectivity index (χ2v) is 7.50. The minimum Gasteiger partial charge on any atom is -0.338 e. The summed E-state index contributed by atoms with van der Waals surface area (Å²) in [5.41, 5.74) is 3.00. The van der Waals surface area contributed by atoms with Gasteiger partial charge in [0.2, 0.25) is 11.7 Å².